The predicted molar refractivity (Wildman–Crippen MR) is 84.3 cm³/mol. The van der Waals surface area contributed by atoms with E-state index in [0.717, 1.165) is 12.8 Å². The van der Waals surface area contributed by atoms with Crippen LogP contribution in [0.5, 0.6) is 0 Å². The highest BCUT2D eigenvalue weighted by molar-refractivity contribution is 7.88. The first-order valence-corrected chi connectivity index (χ1v) is 9.83. The van der Waals surface area contributed by atoms with Gasteiger partial charge in [0, 0.05) is 48.4 Å². The molecule has 0 aromatic carbocycles. The monoisotopic (exact) mass is 344 g/mol. The van der Waals surface area contributed by atoms with Gasteiger partial charge in [-0.1, -0.05) is 0 Å². The van der Waals surface area contributed by atoms with E-state index in [9.17, 15) is 18.3 Å². The number of carbonyl (C=O) groups is 1. The molecule has 22 heavy (non-hydrogen) atoms. The van der Waals surface area contributed by atoms with Crippen molar-refractivity contribution in [3.63, 3.8) is 0 Å². The van der Waals surface area contributed by atoms with E-state index in [1.54, 1.807) is 11.3 Å². The molecule has 2 atom stereocenters. The minimum atomic E-state index is -3.34. The highest BCUT2D eigenvalue weighted by Crippen LogP contribution is 2.44. The maximum atomic E-state index is 11.8. The molecule has 0 bridgehead atoms. The molecule has 0 saturated carbocycles. The maximum absolute atomic E-state index is 11.8. The number of nitrogens with zero attached hydrogens (tertiary/aromatic N) is 2. The smallest absolute Gasteiger partial charge is 0.312 e. The Kier molecular flexibility index (Phi) is 3.83. The van der Waals surface area contributed by atoms with Gasteiger partial charge in [0.25, 0.3) is 0 Å². The third-order valence-electron chi connectivity index (χ3n) is 4.72. The molecule has 0 unspecified atom stereocenters. The van der Waals surface area contributed by atoms with E-state index in [1.165, 1.54) is 14.1 Å². The van der Waals surface area contributed by atoms with Crippen LogP contribution in [0.15, 0.2) is 12.1 Å². The van der Waals surface area contributed by atoms with Crippen molar-refractivity contribution >= 4 is 27.3 Å². The molecule has 0 amide bonds. The van der Waals surface area contributed by atoms with Crippen LogP contribution in [0.25, 0.3) is 0 Å². The summed E-state index contributed by atoms with van der Waals surface area (Å²) in [6, 6.07) is 4.14. The third-order valence-corrected chi connectivity index (χ3v) is 6.92. The van der Waals surface area contributed by atoms with E-state index in [0.29, 0.717) is 19.6 Å². The van der Waals surface area contributed by atoms with Gasteiger partial charge < -0.3 is 5.11 Å². The van der Waals surface area contributed by atoms with Crippen LogP contribution < -0.4 is 0 Å². The van der Waals surface area contributed by atoms with Gasteiger partial charge in [0.1, 0.15) is 0 Å². The molecule has 122 valence electrons. The lowest BCUT2D eigenvalue weighted by molar-refractivity contribution is -0.148. The Labute approximate surface area is 134 Å². The molecule has 0 radical (unpaired) electrons. The molecule has 6 nitrogen and oxygen atoms in total. The number of fused-ring (bicyclic) bond motifs is 1. The van der Waals surface area contributed by atoms with Gasteiger partial charge in [0.2, 0.25) is 10.0 Å². The summed E-state index contributed by atoms with van der Waals surface area (Å²) in [5, 5.41) is 9.70. The van der Waals surface area contributed by atoms with E-state index < -0.39 is 21.4 Å². The Bertz CT molecular complexity index is 699. The lowest BCUT2D eigenvalue weighted by atomic mass is 9.81. The Morgan fingerprint density at radius 1 is 1.41 bits per heavy atom. The average Bonchev–Trinajstić information content (AvgIpc) is 3.01. The minimum absolute atomic E-state index is 0.0891. The van der Waals surface area contributed by atoms with Crippen molar-refractivity contribution in [2.75, 3.05) is 32.4 Å². The summed E-state index contributed by atoms with van der Waals surface area (Å²) in [5.74, 6) is -1.02. The highest BCUT2D eigenvalue weighted by Gasteiger charge is 2.59. The van der Waals surface area contributed by atoms with Gasteiger partial charge in [-0.05, 0) is 19.1 Å². The lowest BCUT2D eigenvalue weighted by Crippen LogP contribution is -2.41. The number of sulfonamides is 1. The van der Waals surface area contributed by atoms with Crippen LogP contribution in [0.3, 0.4) is 0 Å². The standard InChI is InChI=1S/C14H20N2O4S2/c1-10-3-4-12(21-10)7-15-5-11-6-16(22(2,19)20)9-14(11,8-15)13(17)18/h3-4,11H,5-9H2,1-2H3,(H,17,18)/t11-,14-/m0/s1. The SMILES string of the molecule is Cc1ccc(CN2C[C@H]3CN(S(C)(=O)=O)C[C@@]3(C(=O)O)C2)s1. The second kappa shape index (κ2) is 5.30. The number of hydrogen-bond acceptors (Lipinski definition) is 5. The van der Waals surface area contributed by atoms with E-state index in [-0.39, 0.29) is 12.5 Å². The van der Waals surface area contributed by atoms with Crippen LogP contribution >= 0.6 is 11.3 Å². The summed E-state index contributed by atoms with van der Waals surface area (Å²) < 4.78 is 24.8. The zero-order valence-corrected chi connectivity index (χ0v) is 14.3. The van der Waals surface area contributed by atoms with Crippen LogP contribution in [0.2, 0.25) is 0 Å². The number of hydrogen-bond donors (Lipinski definition) is 1. The first kappa shape index (κ1) is 15.9. The maximum Gasteiger partial charge on any atom is 0.312 e. The van der Waals surface area contributed by atoms with Gasteiger partial charge >= 0.3 is 5.97 Å². The average molecular weight is 344 g/mol. The molecule has 2 saturated heterocycles. The first-order valence-electron chi connectivity index (χ1n) is 7.17. The van der Waals surface area contributed by atoms with Crippen molar-refractivity contribution in [1.82, 2.24) is 9.21 Å². The Balaban J connectivity index is 1.78. The van der Waals surface area contributed by atoms with Gasteiger partial charge in [-0.2, -0.15) is 0 Å². The summed E-state index contributed by atoms with van der Waals surface area (Å²) in [6.45, 7) is 4.24. The molecule has 8 heteroatoms. The summed E-state index contributed by atoms with van der Waals surface area (Å²) in [4.78, 5) is 16.4. The normalized spacial score (nSPS) is 29.8. The van der Waals surface area contributed by atoms with E-state index in [1.807, 2.05) is 0 Å². The van der Waals surface area contributed by atoms with Gasteiger partial charge in [-0.25, -0.2) is 12.7 Å². The zero-order valence-electron chi connectivity index (χ0n) is 12.7. The molecular formula is C14H20N2O4S2. The van der Waals surface area contributed by atoms with Gasteiger partial charge in [-0.15, -0.1) is 11.3 Å². The fraction of sp³-hybridized carbons (Fsp3) is 0.643. The predicted octanol–water partition coefficient (Wildman–Crippen LogP) is 0.835. The number of aryl methyl sites for hydroxylation is 1. The third kappa shape index (κ3) is 2.68. The van der Waals surface area contributed by atoms with Crippen LogP contribution in [-0.4, -0.2) is 61.1 Å². The fourth-order valence-electron chi connectivity index (χ4n) is 3.59. The lowest BCUT2D eigenvalue weighted by Gasteiger charge is -2.24. The van der Waals surface area contributed by atoms with Crippen LogP contribution in [0, 0.1) is 18.3 Å². The van der Waals surface area contributed by atoms with Crippen LogP contribution in [0.4, 0.5) is 0 Å². The van der Waals surface area contributed by atoms with Crippen LogP contribution in [0.1, 0.15) is 9.75 Å². The molecule has 0 spiro atoms. The van der Waals surface area contributed by atoms with Crippen LogP contribution in [-0.2, 0) is 21.4 Å². The van der Waals surface area contributed by atoms with Gasteiger partial charge in [-0.3, -0.25) is 9.69 Å². The number of carboxylic acids is 1. The molecule has 2 aliphatic rings. The van der Waals surface area contributed by atoms with Crippen molar-refractivity contribution < 1.29 is 18.3 Å². The Hall–Kier alpha value is -0.960. The van der Waals surface area contributed by atoms with Crippen molar-refractivity contribution in [1.29, 1.82) is 0 Å². The topological polar surface area (TPSA) is 77.9 Å². The van der Waals surface area contributed by atoms with Gasteiger partial charge in [0.15, 0.2) is 0 Å². The van der Waals surface area contributed by atoms with Crippen molar-refractivity contribution in [3.05, 3.63) is 21.9 Å². The summed E-state index contributed by atoms with van der Waals surface area (Å²) in [5.41, 5.74) is -0.963. The number of likely N-dealkylation sites (tertiary alicyclic amines) is 1. The van der Waals surface area contributed by atoms with Crippen molar-refractivity contribution in [2.24, 2.45) is 11.3 Å². The second-order valence-electron chi connectivity index (χ2n) is 6.40. The summed E-state index contributed by atoms with van der Waals surface area (Å²) in [7, 11) is -3.34. The number of rotatable bonds is 4. The Morgan fingerprint density at radius 2 is 2.14 bits per heavy atom. The fourth-order valence-corrected chi connectivity index (χ4v) is 5.44. The van der Waals surface area contributed by atoms with Gasteiger partial charge in [0.05, 0.1) is 11.7 Å². The minimum Gasteiger partial charge on any atom is -0.481 e. The number of thiophene rings is 1. The van der Waals surface area contributed by atoms with Crippen molar-refractivity contribution in [2.45, 2.75) is 13.5 Å². The molecule has 2 aliphatic heterocycles. The highest BCUT2D eigenvalue weighted by atomic mass is 32.2. The Morgan fingerprint density at radius 3 is 2.64 bits per heavy atom. The molecular weight excluding hydrogens is 324 g/mol. The molecule has 2 fully saturated rings. The molecule has 3 heterocycles. The summed E-state index contributed by atoms with van der Waals surface area (Å²) >= 11 is 1.72. The van der Waals surface area contributed by atoms with E-state index in [4.69, 9.17) is 0 Å². The summed E-state index contributed by atoms with van der Waals surface area (Å²) in [6.07, 6.45) is 1.15. The van der Waals surface area contributed by atoms with Crippen molar-refractivity contribution in [3.8, 4) is 0 Å². The molecule has 1 N–H and O–H groups in total. The van der Waals surface area contributed by atoms with E-state index >= 15 is 0 Å². The first-order chi connectivity index (χ1) is 10.2. The molecule has 3 rings (SSSR count). The molecule has 1 aromatic heterocycles. The molecule has 1 aromatic rings. The van der Waals surface area contributed by atoms with E-state index in [2.05, 4.69) is 24.0 Å². The quantitative estimate of drug-likeness (QED) is 0.875. The number of carboxylic acid groups (broad SMARTS) is 1. The largest absolute Gasteiger partial charge is 0.481 e. The zero-order chi connectivity index (χ0) is 16.1. The number of aliphatic carboxylic acids is 1. The second-order valence-corrected chi connectivity index (χ2v) is 9.75. The molecule has 0 aliphatic carbocycles.